The summed E-state index contributed by atoms with van der Waals surface area (Å²) < 4.78 is 23.7. The maximum Gasteiger partial charge on any atom is 0.302 e. The minimum Gasteiger partial charge on any atom is -0.460 e. The molecule has 2 spiro atoms. The summed E-state index contributed by atoms with van der Waals surface area (Å²) in [6.45, 7) is 16.4. The van der Waals surface area contributed by atoms with Crippen molar-refractivity contribution in [1.82, 2.24) is 0 Å². The Morgan fingerprint density at radius 1 is 0.936 bits per heavy atom. The molecule has 2 heterocycles. The van der Waals surface area contributed by atoms with Crippen LogP contribution in [-0.4, -0.2) is 93.4 Å². The summed E-state index contributed by atoms with van der Waals surface area (Å²) in [5, 5.41) is 42.8. The SMILES string of the molecule is CC(=O)O[C@H](C[C@@H](C)[C@H]1C(=O)[C@H](O)[C@@]2(C)[C@H]3CC[C@H]4C(C)(C)[C@@H](O[C@H]5OC[C@H](O)[C@@H](O)[C@@H]5O)CC[C@@]45C[C@@]35CC[C@]12C)[C@@H]1OC1(C)C. The van der Waals surface area contributed by atoms with Crippen molar-refractivity contribution >= 4 is 11.8 Å². The highest BCUT2D eigenvalue weighted by molar-refractivity contribution is 5.90. The lowest BCUT2D eigenvalue weighted by atomic mass is 9.41. The van der Waals surface area contributed by atoms with Crippen molar-refractivity contribution < 1.29 is 49.0 Å². The second kappa shape index (κ2) is 10.7. The molecule has 0 aromatic rings. The van der Waals surface area contributed by atoms with E-state index in [0.29, 0.717) is 12.3 Å². The molecule has 47 heavy (non-hydrogen) atoms. The summed E-state index contributed by atoms with van der Waals surface area (Å²) in [7, 11) is 0. The molecule has 16 atom stereocenters. The van der Waals surface area contributed by atoms with Crippen molar-refractivity contribution in [2.45, 2.75) is 161 Å². The second-order valence-electron chi connectivity index (χ2n) is 18.4. The quantitative estimate of drug-likeness (QED) is 0.181. The normalized spacial score (nSPS) is 53.5. The first-order valence-electron chi connectivity index (χ1n) is 18.2. The molecule has 2 aliphatic heterocycles. The fraction of sp³-hybridized carbons (Fsp3) is 0.946. The fourth-order valence-electron chi connectivity index (χ4n) is 13.2. The van der Waals surface area contributed by atoms with Crippen molar-refractivity contribution in [3.63, 3.8) is 0 Å². The third kappa shape index (κ3) is 4.53. The molecule has 0 radical (unpaired) electrons. The Kier molecular flexibility index (Phi) is 7.80. The van der Waals surface area contributed by atoms with E-state index in [1.165, 1.54) is 6.92 Å². The van der Waals surface area contributed by atoms with Gasteiger partial charge in [-0.15, -0.1) is 0 Å². The molecule has 5 aliphatic carbocycles. The number of carbonyl (C=O) groups excluding carboxylic acids is 2. The maximum atomic E-state index is 14.2. The highest BCUT2D eigenvalue weighted by Crippen LogP contribution is 2.89. The Morgan fingerprint density at radius 3 is 2.21 bits per heavy atom. The smallest absolute Gasteiger partial charge is 0.302 e. The first-order chi connectivity index (χ1) is 21.8. The summed E-state index contributed by atoms with van der Waals surface area (Å²) in [6, 6.07) is 0. The Labute approximate surface area is 279 Å². The standard InChI is InChI=1S/C37H58O10/c1-18(15-21(45-19(2)38)30-33(5,6)47-30)25-27(41)29(43)35(8)23-10-9-22-32(3,4)24(46-31-28(42)26(40)20(39)16-44-31)11-12-36(22)17-37(23,36)14-13-34(25,35)7/h18,20-26,28-31,39-40,42-43H,9-17H2,1-8H3/t18-,20+,21-,22+,23-,24+,25+,26-,28+,29+,30+,31-,34-,35-,36-,37+/m1/s1. The zero-order valence-electron chi connectivity index (χ0n) is 29.5. The highest BCUT2D eigenvalue weighted by atomic mass is 16.7. The lowest BCUT2D eigenvalue weighted by Crippen LogP contribution is -2.61. The van der Waals surface area contributed by atoms with E-state index in [1.54, 1.807) is 0 Å². The van der Waals surface area contributed by atoms with Gasteiger partial charge in [0.15, 0.2) is 12.1 Å². The Hall–Kier alpha value is -1.14. The molecule has 0 aromatic heterocycles. The molecule has 7 fully saturated rings. The molecule has 7 aliphatic rings. The minimum absolute atomic E-state index is 0.0512. The third-order valence-electron chi connectivity index (χ3n) is 15.7. The molecular formula is C37H58O10. The molecular weight excluding hydrogens is 604 g/mol. The molecule has 10 heteroatoms. The summed E-state index contributed by atoms with van der Waals surface area (Å²) in [4.78, 5) is 26.3. The molecule has 5 saturated carbocycles. The maximum absolute atomic E-state index is 14.2. The molecule has 266 valence electrons. The Morgan fingerprint density at radius 2 is 1.57 bits per heavy atom. The van der Waals surface area contributed by atoms with Gasteiger partial charge in [-0.3, -0.25) is 9.59 Å². The van der Waals surface area contributed by atoms with Gasteiger partial charge in [-0.2, -0.15) is 0 Å². The molecule has 0 amide bonds. The average Bonchev–Trinajstić information content (AvgIpc) is 3.84. The number of ether oxygens (including phenoxy) is 4. The summed E-state index contributed by atoms with van der Waals surface area (Å²) >= 11 is 0. The molecule has 0 unspecified atom stereocenters. The summed E-state index contributed by atoms with van der Waals surface area (Å²) in [6.07, 6.45) is 0.666. The zero-order valence-corrected chi connectivity index (χ0v) is 29.5. The monoisotopic (exact) mass is 662 g/mol. The average molecular weight is 663 g/mol. The molecule has 0 aromatic carbocycles. The van der Waals surface area contributed by atoms with Crippen LogP contribution in [-0.2, 0) is 28.5 Å². The van der Waals surface area contributed by atoms with Crippen LogP contribution in [0.2, 0.25) is 0 Å². The van der Waals surface area contributed by atoms with Gasteiger partial charge in [0, 0.05) is 18.3 Å². The van der Waals surface area contributed by atoms with Gasteiger partial charge in [0.05, 0.1) is 18.3 Å². The lowest BCUT2D eigenvalue weighted by molar-refractivity contribution is -0.303. The summed E-state index contributed by atoms with van der Waals surface area (Å²) in [5.74, 6) is -0.211. The number of rotatable bonds is 7. The number of epoxide rings is 1. The zero-order chi connectivity index (χ0) is 34.3. The van der Waals surface area contributed by atoms with Crippen molar-refractivity contribution in [3.05, 3.63) is 0 Å². The number of carbonyl (C=O) groups is 2. The third-order valence-corrected chi connectivity index (χ3v) is 15.7. The van der Waals surface area contributed by atoms with E-state index in [2.05, 4.69) is 34.6 Å². The highest BCUT2D eigenvalue weighted by Gasteiger charge is 2.84. The van der Waals surface area contributed by atoms with Crippen molar-refractivity contribution in [2.75, 3.05) is 6.61 Å². The van der Waals surface area contributed by atoms with Gasteiger partial charge in [-0.05, 0) is 105 Å². The number of fused-ring (bicyclic) bond motifs is 2. The summed E-state index contributed by atoms with van der Waals surface area (Å²) in [5.41, 5.74) is -1.34. The van der Waals surface area contributed by atoms with E-state index in [1.807, 2.05) is 13.8 Å². The van der Waals surface area contributed by atoms with Crippen LogP contribution in [0.15, 0.2) is 0 Å². The number of esters is 1. The van der Waals surface area contributed by atoms with Crippen LogP contribution >= 0.6 is 0 Å². The van der Waals surface area contributed by atoms with Gasteiger partial charge < -0.3 is 39.4 Å². The van der Waals surface area contributed by atoms with Gasteiger partial charge >= 0.3 is 5.97 Å². The van der Waals surface area contributed by atoms with E-state index >= 15 is 0 Å². The molecule has 7 rings (SSSR count). The number of Topliss-reactive ketones (excluding diaryl/α,β-unsaturated/α-hetero) is 1. The number of aliphatic hydroxyl groups is 4. The van der Waals surface area contributed by atoms with Crippen LogP contribution in [0.1, 0.15) is 107 Å². The predicted molar refractivity (Wildman–Crippen MR) is 170 cm³/mol. The van der Waals surface area contributed by atoms with Gasteiger partial charge in [0.2, 0.25) is 0 Å². The molecule has 10 nitrogen and oxygen atoms in total. The van der Waals surface area contributed by atoms with Crippen LogP contribution in [0.25, 0.3) is 0 Å². The minimum atomic E-state index is -1.31. The number of ketones is 1. The van der Waals surface area contributed by atoms with E-state index in [0.717, 1.165) is 44.9 Å². The van der Waals surface area contributed by atoms with Crippen LogP contribution in [0.3, 0.4) is 0 Å². The topological polar surface area (TPSA) is 155 Å². The van der Waals surface area contributed by atoms with Gasteiger partial charge in [-0.1, -0.05) is 34.6 Å². The second-order valence-corrected chi connectivity index (χ2v) is 18.4. The van der Waals surface area contributed by atoms with Gasteiger partial charge in [0.1, 0.15) is 36.6 Å². The van der Waals surface area contributed by atoms with Gasteiger partial charge in [0.25, 0.3) is 0 Å². The largest absolute Gasteiger partial charge is 0.460 e. The van der Waals surface area contributed by atoms with Crippen molar-refractivity contribution in [3.8, 4) is 0 Å². The van der Waals surface area contributed by atoms with E-state index < -0.39 is 42.2 Å². The van der Waals surface area contributed by atoms with Crippen LogP contribution in [0, 0.1) is 50.7 Å². The van der Waals surface area contributed by atoms with Crippen LogP contribution in [0.4, 0.5) is 0 Å². The van der Waals surface area contributed by atoms with Crippen LogP contribution in [0.5, 0.6) is 0 Å². The van der Waals surface area contributed by atoms with E-state index in [9.17, 15) is 30.0 Å². The van der Waals surface area contributed by atoms with Gasteiger partial charge in [-0.25, -0.2) is 0 Å². The number of aliphatic hydroxyl groups excluding tert-OH is 4. The lowest BCUT2D eigenvalue weighted by Gasteiger charge is -2.63. The molecule has 4 N–H and O–H groups in total. The number of hydrogen-bond acceptors (Lipinski definition) is 10. The fourth-order valence-corrected chi connectivity index (χ4v) is 13.2. The Bertz CT molecular complexity index is 1300. The Balaban J connectivity index is 1.12. The van der Waals surface area contributed by atoms with E-state index in [-0.39, 0.29) is 75.6 Å². The predicted octanol–water partition coefficient (Wildman–Crippen LogP) is 3.53. The number of hydrogen-bond donors (Lipinski definition) is 4. The molecule has 0 bridgehead atoms. The van der Waals surface area contributed by atoms with Crippen LogP contribution < -0.4 is 0 Å². The first kappa shape index (κ1) is 34.3. The van der Waals surface area contributed by atoms with E-state index in [4.69, 9.17) is 18.9 Å². The molecule has 2 saturated heterocycles. The first-order valence-corrected chi connectivity index (χ1v) is 18.2. The van der Waals surface area contributed by atoms with Crippen molar-refractivity contribution in [2.24, 2.45) is 50.7 Å². The van der Waals surface area contributed by atoms with Crippen molar-refractivity contribution in [1.29, 1.82) is 0 Å².